The molecule has 5 atom stereocenters. The number of carbonyl (C=O) groups is 4. The van der Waals surface area contributed by atoms with Gasteiger partial charge in [0.25, 0.3) is 11.5 Å². The molecule has 6 N–H and O–H groups in total. The summed E-state index contributed by atoms with van der Waals surface area (Å²) in [5.41, 5.74) is 10.3. The first-order valence-electron chi connectivity index (χ1n) is 26.8. The van der Waals surface area contributed by atoms with Crippen molar-refractivity contribution in [1.82, 2.24) is 35.8 Å². The Morgan fingerprint density at radius 1 is 0.922 bits per heavy atom. The van der Waals surface area contributed by atoms with E-state index in [9.17, 15) is 29.1 Å². The highest BCUT2D eigenvalue weighted by atomic mass is 32.1. The van der Waals surface area contributed by atoms with E-state index in [1.807, 2.05) is 103 Å². The molecule has 2 aromatic carbocycles. The maximum Gasteiger partial charge on any atom is 0.253 e. The largest absolute Gasteiger partial charge is 0.391 e. The number of hydrogen-bond acceptors (Lipinski definition) is 14. The number of amides is 4. The third-order valence-electron chi connectivity index (χ3n) is 14.9. The van der Waals surface area contributed by atoms with E-state index in [-0.39, 0.29) is 68.8 Å². The maximum atomic E-state index is 14.1. The van der Waals surface area contributed by atoms with Crippen LogP contribution >= 0.6 is 11.3 Å². The number of ether oxygens (including phenoxy) is 3. The number of aromatic nitrogens is 3. The van der Waals surface area contributed by atoms with Crippen LogP contribution in [0.25, 0.3) is 21.6 Å². The molecule has 6 heterocycles. The summed E-state index contributed by atoms with van der Waals surface area (Å²) in [6.07, 6.45) is 4.48. The van der Waals surface area contributed by atoms with Crippen molar-refractivity contribution in [2.75, 3.05) is 62.9 Å². The summed E-state index contributed by atoms with van der Waals surface area (Å²) in [6, 6.07) is 16.1. The number of H-pyrrole nitrogens is 1. The number of pyridine rings is 2. The number of nitrogens with one attached hydrogen (secondary N) is 5. The molecule has 2 saturated heterocycles. The SMILES string of the molecule is Cc1cc(C)c(CNC(=O)c2cc(-c3ccc(NCCOCCOCC(=O)N[C@H](C(=O)N4C[C@H](O)C[C@H]4C(=O)N[C@@H](C)c4ccc(-c5scnc5C)cc4)C(C)(C)C)nc3)cc3c2CCC(C)N3C2CCOCC2)c(=O)[nH]1. The number of carbonyl (C=O) groups excluding carboxylic acids is 4. The standard InChI is InChI=1S/C58H75N9O9S/c1-34-25-35(2)63-55(71)47(34)30-61-54(70)46-26-42(27-48-45(46)15-9-36(3)67(48)43-17-20-74-21-18-43)41-14-16-50(60-29-41)59-19-22-75-23-24-76-32-51(69)65-53(58(6,7)8)57(73)66-31-44(68)28-49(66)56(72)64-37(4)39-10-12-40(13-11-39)52-38(5)62-33-77-52/h10-14,16,25-27,29,33,36-37,43-44,49,53,68H,9,15,17-24,28,30-32H2,1-8H3,(H,59,60)(H,61,70)(H,63,71)(H,64,72)(H,65,69)/t36?,37-,44+,49-,53+/m0/s1. The summed E-state index contributed by atoms with van der Waals surface area (Å²) in [5, 5.41) is 22.9. The molecular formula is C58H75N9O9S. The fourth-order valence-corrected chi connectivity index (χ4v) is 11.5. The molecule has 18 nitrogen and oxygen atoms in total. The van der Waals surface area contributed by atoms with Crippen LogP contribution in [-0.2, 0) is 41.6 Å². The Hall–Kier alpha value is -6.51. The normalized spacial score (nSPS) is 18.6. The molecular weight excluding hydrogens is 999 g/mol. The van der Waals surface area contributed by atoms with E-state index in [1.54, 1.807) is 17.5 Å². The molecule has 3 aromatic heterocycles. The molecule has 3 aliphatic rings. The van der Waals surface area contributed by atoms with Gasteiger partial charge in [-0.2, -0.15) is 0 Å². The van der Waals surface area contributed by atoms with Gasteiger partial charge in [0.15, 0.2) is 0 Å². The summed E-state index contributed by atoms with van der Waals surface area (Å²) < 4.78 is 17.1. The minimum absolute atomic E-state index is 0.0321. The molecule has 0 spiro atoms. The van der Waals surface area contributed by atoms with E-state index in [0.717, 1.165) is 81.0 Å². The van der Waals surface area contributed by atoms with E-state index in [1.165, 1.54) is 4.90 Å². The predicted octanol–water partition coefficient (Wildman–Crippen LogP) is 6.55. The summed E-state index contributed by atoms with van der Waals surface area (Å²) >= 11 is 1.57. The predicted molar refractivity (Wildman–Crippen MR) is 298 cm³/mol. The van der Waals surface area contributed by atoms with Crippen molar-refractivity contribution in [3.63, 3.8) is 0 Å². The number of aliphatic hydroxyl groups is 1. The average molecular weight is 1070 g/mol. The minimum atomic E-state index is -0.990. The van der Waals surface area contributed by atoms with Crippen LogP contribution in [0.4, 0.5) is 11.5 Å². The first kappa shape index (κ1) is 56.7. The number of fused-ring (bicyclic) bond motifs is 1. The zero-order valence-corrected chi connectivity index (χ0v) is 46.4. The van der Waals surface area contributed by atoms with E-state index in [0.29, 0.717) is 49.4 Å². The number of aromatic amines is 1. The Labute approximate surface area is 455 Å². The Morgan fingerprint density at radius 3 is 2.35 bits per heavy atom. The average Bonchev–Trinajstić information content (AvgIpc) is 4.06. The molecule has 19 heteroatoms. The summed E-state index contributed by atoms with van der Waals surface area (Å²) in [5.74, 6) is -0.907. The van der Waals surface area contributed by atoms with Crippen LogP contribution < -0.4 is 31.7 Å². The van der Waals surface area contributed by atoms with Crippen LogP contribution in [0.15, 0.2) is 71.1 Å². The molecule has 1 unspecified atom stereocenters. The monoisotopic (exact) mass is 1070 g/mol. The van der Waals surface area contributed by atoms with Crippen LogP contribution in [0.2, 0.25) is 0 Å². The number of hydrogen-bond donors (Lipinski definition) is 6. The number of anilines is 2. The van der Waals surface area contributed by atoms with Gasteiger partial charge >= 0.3 is 0 Å². The lowest BCUT2D eigenvalue weighted by atomic mass is 9.85. The summed E-state index contributed by atoms with van der Waals surface area (Å²) in [6.45, 7) is 17.6. The number of rotatable bonds is 20. The summed E-state index contributed by atoms with van der Waals surface area (Å²) in [4.78, 5) is 84.8. The molecule has 2 fully saturated rings. The van der Waals surface area contributed by atoms with Gasteiger partial charge in [-0.25, -0.2) is 9.97 Å². The molecule has 0 radical (unpaired) electrons. The van der Waals surface area contributed by atoms with E-state index in [4.69, 9.17) is 19.2 Å². The van der Waals surface area contributed by atoms with Gasteiger partial charge in [0.05, 0.1) is 48.0 Å². The van der Waals surface area contributed by atoms with Crippen molar-refractivity contribution in [3.05, 3.63) is 116 Å². The van der Waals surface area contributed by atoms with Gasteiger partial charge in [0.2, 0.25) is 17.7 Å². The second-order valence-electron chi connectivity index (χ2n) is 21.7. The van der Waals surface area contributed by atoms with E-state index >= 15 is 0 Å². The van der Waals surface area contributed by atoms with Crippen molar-refractivity contribution in [2.24, 2.45) is 5.41 Å². The third kappa shape index (κ3) is 14.0. The zero-order chi connectivity index (χ0) is 55.0. The van der Waals surface area contributed by atoms with Gasteiger partial charge in [0, 0.05) is 85.6 Å². The first-order chi connectivity index (χ1) is 36.9. The lowest BCUT2D eigenvalue weighted by molar-refractivity contribution is -0.144. The van der Waals surface area contributed by atoms with E-state index in [2.05, 4.69) is 49.1 Å². The van der Waals surface area contributed by atoms with Crippen molar-refractivity contribution < 1.29 is 38.5 Å². The molecule has 412 valence electrons. The minimum Gasteiger partial charge on any atom is -0.391 e. The number of aliphatic hydroxyl groups excluding tert-OH is 1. The van der Waals surface area contributed by atoms with Crippen molar-refractivity contribution >= 4 is 46.5 Å². The Bertz CT molecular complexity index is 2930. The van der Waals surface area contributed by atoms with Gasteiger partial charge < -0.3 is 55.4 Å². The van der Waals surface area contributed by atoms with Gasteiger partial charge in [-0.15, -0.1) is 11.3 Å². The maximum absolute atomic E-state index is 14.1. The summed E-state index contributed by atoms with van der Waals surface area (Å²) in [7, 11) is 0. The van der Waals surface area contributed by atoms with Crippen LogP contribution in [0.1, 0.15) is 110 Å². The van der Waals surface area contributed by atoms with Crippen LogP contribution in [0.3, 0.4) is 0 Å². The fraction of sp³-hybridized carbons (Fsp3) is 0.500. The van der Waals surface area contributed by atoms with Crippen molar-refractivity contribution in [1.29, 1.82) is 0 Å². The number of nitrogens with zero attached hydrogens (tertiary/aromatic N) is 4. The molecule has 0 saturated carbocycles. The molecule has 3 aliphatic heterocycles. The van der Waals surface area contributed by atoms with Gasteiger partial charge in [0.1, 0.15) is 24.5 Å². The molecule has 5 aromatic rings. The quantitative estimate of drug-likeness (QED) is 0.0455. The molecule has 77 heavy (non-hydrogen) atoms. The van der Waals surface area contributed by atoms with Crippen LogP contribution in [0, 0.1) is 26.2 Å². The highest BCUT2D eigenvalue weighted by Crippen LogP contribution is 2.40. The fourth-order valence-electron chi connectivity index (χ4n) is 10.7. The first-order valence-corrected chi connectivity index (χ1v) is 27.7. The van der Waals surface area contributed by atoms with E-state index < -0.39 is 35.4 Å². The number of likely N-dealkylation sites (tertiary alicyclic amines) is 1. The van der Waals surface area contributed by atoms with Gasteiger partial charge in [-0.3, -0.25) is 24.0 Å². The number of β-amino-alcohol motifs (C(OH)–C–C–N with tert-alkyl or cyclic N) is 1. The number of aryl methyl sites for hydroxylation is 3. The van der Waals surface area contributed by atoms with Crippen molar-refractivity contribution in [3.8, 4) is 21.6 Å². The van der Waals surface area contributed by atoms with Gasteiger partial charge in [-0.1, -0.05) is 45.0 Å². The molecule has 8 rings (SSSR count). The lowest BCUT2D eigenvalue weighted by Crippen LogP contribution is -2.58. The molecule has 0 bridgehead atoms. The highest BCUT2D eigenvalue weighted by molar-refractivity contribution is 7.13. The second-order valence-corrected chi connectivity index (χ2v) is 22.5. The number of benzene rings is 2. The second kappa shape index (κ2) is 25.3. The third-order valence-corrected chi connectivity index (χ3v) is 15.8. The van der Waals surface area contributed by atoms with Crippen molar-refractivity contribution in [2.45, 2.75) is 130 Å². The molecule has 0 aliphatic carbocycles. The van der Waals surface area contributed by atoms with Crippen LogP contribution in [-0.4, -0.2) is 132 Å². The molecule has 4 amide bonds. The van der Waals surface area contributed by atoms with Gasteiger partial charge in [-0.05, 0) is 124 Å². The Balaban J connectivity index is 0.804. The Kier molecular flexibility index (Phi) is 18.6. The topological polar surface area (TPSA) is 229 Å². The smallest absolute Gasteiger partial charge is 0.253 e. The Morgan fingerprint density at radius 2 is 1.66 bits per heavy atom. The zero-order valence-electron chi connectivity index (χ0n) is 45.6. The lowest BCUT2D eigenvalue weighted by Gasteiger charge is -2.44. The highest BCUT2D eigenvalue weighted by Gasteiger charge is 2.45. The van der Waals surface area contributed by atoms with Crippen LogP contribution in [0.5, 0.6) is 0 Å². The number of thiazole rings is 1.